The Bertz CT molecular complexity index is 1050. The SMILES string of the molecule is CCOC[C@]12CN(C(=O)c3ccccn3)CC[C@H]1CN(c1ccc(C#N)c(C(F)(F)F)c1)C2. The third-order valence-corrected chi connectivity index (χ3v) is 6.62. The summed E-state index contributed by atoms with van der Waals surface area (Å²) < 4.78 is 46.3. The van der Waals surface area contributed by atoms with Crippen LogP contribution in [-0.4, -0.2) is 55.2 Å². The zero-order valence-corrected chi connectivity index (χ0v) is 18.3. The molecule has 0 aliphatic carbocycles. The smallest absolute Gasteiger partial charge is 0.381 e. The Labute approximate surface area is 190 Å². The average molecular weight is 458 g/mol. The molecule has 0 saturated carbocycles. The molecule has 0 N–H and O–H groups in total. The average Bonchev–Trinajstić information content (AvgIpc) is 3.21. The summed E-state index contributed by atoms with van der Waals surface area (Å²) in [5.41, 5.74) is -0.916. The van der Waals surface area contributed by atoms with Gasteiger partial charge in [-0.25, -0.2) is 0 Å². The normalized spacial score (nSPS) is 22.7. The summed E-state index contributed by atoms with van der Waals surface area (Å²) in [6.07, 6.45) is -2.30. The van der Waals surface area contributed by atoms with Crippen LogP contribution < -0.4 is 4.90 Å². The summed E-state index contributed by atoms with van der Waals surface area (Å²) in [6.45, 7) is 4.87. The van der Waals surface area contributed by atoms with Crippen LogP contribution in [0.3, 0.4) is 0 Å². The van der Waals surface area contributed by atoms with Gasteiger partial charge in [0.1, 0.15) is 5.69 Å². The lowest BCUT2D eigenvalue weighted by Crippen LogP contribution is -2.53. The predicted molar refractivity (Wildman–Crippen MR) is 116 cm³/mol. The molecule has 1 aromatic carbocycles. The standard InChI is InChI=1S/C24H25F3N4O2/c1-2-33-16-23-14-30(22(32)21-5-3-4-9-29-21)10-8-18(23)13-31(15-23)19-7-6-17(12-28)20(11-19)24(25,26)27/h3-7,9,11,18H,2,8,10,13-16H2,1H3/t18-,23+/m0/s1. The first-order chi connectivity index (χ1) is 15.8. The van der Waals surface area contributed by atoms with Crippen LogP contribution in [0.1, 0.15) is 35.0 Å². The fourth-order valence-electron chi connectivity index (χ4n) is 4.98. The Morgan fingerprint density at radius 1 is 1.30 bits per heavy atom. The highest BCUT2D eigenvalue weighted by Gasteiger charge is 2.51. The van der Waals surface area contributed by atoms with E-state index in [4.69, 9.17) is 10.00 Å². The number of hydrogen-bond acceptors (Lipinski definition) is 5. The van der Waals surface area contributed by atoms with Gasteiger partial charge in [0.25, 0.3) is 5.91 Å². The van der Waals surface area contributed by atoms with Gasteiger partial charge in [-0.3, -0.25) is 9.78 Å². The molecule has 1 aromatic heterocycles. The Hall–Kier alpha value is -3.12. The van der Waals surface area contributed by atoms with Gasteiger partial charge in [-0.2, -0.15) is 18.4 Å². The number of rotatable bonds is 5. The maximum Gasteiger partial charge on any atom is 0.417 e. The van der Waals surface area contributed by atoms with Crippen LogP contribution in [0, 0.1) is 22.7 Å². The lowest BCUT2D eigenvalue weighted by atomic mass is 9.74. The molecule has 6 nitrogen and oxygen atoms in total. The van der Waals surface area contributed by atoms with Gasteiger partial charge in [-0.05, 0) is 49.6 Å². The highest BCUT2D eigenvalue weighted by atomic mass is 19.4. The van der Waals surface area contributed by atoms with Gasteiger partial charge >= 0.3 is 6.18 Å². The largest absolute Gasteiger partial charge is 0.417 e. The van der Waals surface area contributed by atoms with E-state index in [-0.39, 0.29) is 17.4 Å². The van der Waals surface area contributed by atoms with E-state index in [0.29, 0.717) is 50.8 Å². The number of anilines is 1. The van der Waals surface area contributed by atoms with Crippen molar-refractivity contribution in [1.82, 2.24) is 9.88 Å². The van der Waals surface area contributed by atoms with Gasteiger partial charge in [0.15, 0.2) is 0 Å². The Morgan fingerprint density at radius 3 is 2.79 bits per heavy atom. The number of ether oxygens (including phenoxy) is 1. The molecule has 3 heterocycles. The highest BCUT2D eigenvalue weighted by Crippen LogP contribution is 2.45. The fourth-order valence-corrected chi connectivity index (χ4v) is 4.98. The summed E-state index contributed by atoms with van der Waals surface area (Å²) in [7, 11) is 0. The number of amides is 1. The number of pyridine rings is 1. The molecule has 0 spiro atoms. The molecule has 0 radical (unpaired) electrons. The Balaban J connectivity index is 1.61. The van der Waals surface area contributed by atoms with Gasteiger partial charge < -0.3 is 14.5 Å². The molecule has 2 saturated heterocycles. The first-order valence-electron chi connectivity index (χ1n) is 10.9. The first-order valence-corrected chi connectivity index (χ1v) is 10.9. The summed E-state index contributed by atoms with van der Waals surface area (Å²) in [4.78, 5) is 20.9. The Morgan fingerprint density at radius 2 is 2.12 bits per heavy atom. The van der Waals surface area contributed by atoms with E-state index in [1.54, 1.807) is 41.4 Å². The molecule has 9 heteroatoms. The van der Waals surface area contributed by atoms with Crippen molar-refractivity contribution in [3.05, 3.63) is 59.4 Å². The second kappa shape index (κ2) is 9.02. The second-order valence-electron chi connectivity index (χ2n) is 8.65. The molecule has 2 aliphatic rings. The molecule has 4 rings (SSSR count). The van der Waals surface area contributed by atoms with E-state index in [9.17, 15) is 18.0 Å². The van der Waals surface area contributed by atoms with Crippen LogP contribution in [0.25, 0.3) is 0 Å². The molecule has 2 atom stereocenters. The molecular formula is C24H25F3N4O2. The minimum absolute atomic E-state index is 0.152. The lowest BCUT2D eigenvalue weighted by molar-refractivity contribution is -0.137. The lowest BCUT2D eigenvalue weighted by Gasteiger charge is -2.43. The van der Waals surface area contributed by atoms with Crippen molar-refractivity contribution in [1.29, 1.82) is 5.26 Å². The number of nitrogens with zero attached hydrogens (tertiary/aromatic N) is 4. The third kappa shape index (κ3) is 4.53. The van der Waals surface area contributed by atoms with Gasteiger partial charge in [0, 0.05) is 50.1 Å². The number of hydrogen-bond donors (Lipinski definition) is 0. The van der Waals surface area contributed by atoms with Crippen LogP contribution >= 0.6 is 0 Å². The topological polar surface area (TPSA) is 69.5 Å². The zero-order valence-electron chi connectivity index (χ0n) is 18.3. The number of carbonyl (C=O) groups excluding carboxylic acids is 1. The van der Waals surface area contributed by atoms with Crippen LogP contribution in [-0.2, 0) is 10.9 Å². The van der Waals surface area contributed by atoms with Crippen molar-refractivity contribution in [2.24, 2.45) is 11.3 Å². The maximum atomic E-state index is 13.5. The first kappa shape index (κ1) is 23.1. The van der Waals surface area contributed by atoms with Gasteiger partial charge in [0.2, 0.25) is 0 Å². The van der Waals surface area contributed by atoms with Gasteiger partial charge in [0.05, 0.1) is 23.8 Å². The van der Waals surface area contributed by atoms with E-state index >= 15 is 0 Å². The van der Waals surface area contributed by atoms with E-state index in [0.717, 1.165) is 12.5 Å². The van der Waals surface area contributed by atoms with Gasteiger partial charge in [-0.1, -0.05) is 6.07 Å². The molecule has 0 unspecified atom stereocenters. The van der Waals surface area contributed by atoms with Crippen molar-refractivity contribution in [3.63, 3.8) is 0 Å². The van der Waals surface area contributed by atoms with Crippen LogP contribution in [0.4, 0.5) is 18.9 Å². The summed E-state index contributed by atoms with van der Waals surface area (Å²) in [5.74, 6) is 0.0166. The number of carbonyl (C=O) groups is 1. The number of piperidine rings is 1. The van der Waals surface area contributed by atoms with Crippen molar-refractivity contribution >= 4 is 11.6 Å². The number of likely N-dealkylation sites (tertiary alicyclic amines) is 1. The fraction of sp³-hybridized carbons (Fsp3) is 0.458. The molecule has 2 aliphatic heterocycles. The number of nitriles is 1. The molecule has 2 aromatic rings. The van der Waals surface area contributed by atoms with E-state index in [2.05, 4.69) is 4.98 Å². The number of benzene rings is 1. The van der Waals surface area contributed by atoms with Crippen LogP contribution in [0.5, 0.6) is 0 Å². The minimum atomic E-state index is -4.61. The number of aromatic nitrogens is 1. The third-order valence-electron chi connectivity index (χ3n) is 6.62. The Kier molecular flexibility index (Phi) is 6.30. The minimum Gasteiger partial charge on any atom is -0.381 e. The van der Waals surface area contributed by atoms with Crippen molar-refractivity contribution in [2.45, 2.75) is 19.5 Å². The van der Waals surface area contributed by atoms with E-state index < -0.39 is 17.2 Å². The maximum absolute atomic E-state index is 13.5. The second-order valence-corrected chi connectivity index (χ2v) is 8.65. The molecule has 0 bridgehead atoms. The van der Waals surface area contributed by atoms with Crippen molar-refractivity contribution < 1.29 is 22.7 Å². The zero-order chi connectivity index (χ0) is 23.6. The molecular weight excluding hydrogens is 433 g/mol. The monoisotopic (exact) mass is 458 g/mol. The van der Waals surface area contributed by atoms with Crippen LogP contribution in [0.15, 0.2) is 42.6 Å². The van der Waals surface area contributed by atoms with E-state index in [1.165, 1.54) is 6.07 Å². The van der Waals surface area contributed by atoms with Crippen molar-refractivity contribution in [3.8, 4) is 6.07 Å². The molecule has 1 amide bonds. The molecule has 2 fully saturated rings. The summed E-state index contributed by atoms with van der Waals surface area (Å²) in [5, 5.41) is 9.10. The van der Waals surface area contributed by atoms with Crippen molar-refractivity contribution in [2.75, 3.05) is 44.3 Å². The number of halogens is 3. The van der Waals surface area contributed by atoms with E-state index in [1.807, 2.05) is 11.8 Å². The van der Waals surface area contributed by atoms with Crippen LogP contribution in [0.2, 0.25) is 0 Å². The predicted octanol–water partition coefficient (Wildman–Crippen LogP) is 3.98. The molecule has 33 heavy (non-hydrogen) atoms. The number of fused-ring (bicyclic) bond motifs is 1. The summed E-state index contributed by atoms with van der Waals surface area (Å²) >= 11 is 0. The molecule has 174 valence electrons. The quantitative estimate of drug-likeness (QED) is 0.678. The van der Waals surface area contributed by atoms with Gasteiger partial charge in [-0.15, -0.1) is 0 Å². The summed E-state index contributed by atoms with van der Waals surface area (Å²) in [6, 6.07) is 10.7. The number of alkyl halides is 3. The highest BCUT2D eigenvalue weighted by molar-refractivity contribution is 5.92.